The number of hydrogen-bond acceptors (Lipinski definition) is 5. The van der Waals surface area contributed by atoms with E-state index in [0.29, 0.717) is 25.3 Å². The maximum absolute atomic E-state index is 11.9. The van der Waals surface area contributed by atoms with Gasteiger partial charge >= 0.3 is 0 Å². The van der Waals surface area contributed by atoms with Crippen LogP contribution in [0, 0.1) is 0 Å². The minimum Gasteiger partial charge on any atom is -0.385 e. The molecule has 0 saturated heterocycles. The topological polar surface area (TPSA) is 94.3 Å². The summed E-state index contributed by atoms with van der Waals surface area (Å²) in [5.74, 6) is 0. The molecule has 0 bridgehead atoms. The highest BCUT2D eigenvalue weighted by Crippen LogP contribution is 2.11. The molecule has 1 heterocycles. The van der Waals surface area contributed by atoms with Crippen LogP contribution in [0.4, 0.5) is 0 Å². The second-order valence-electron chi connectivity index (χ2n) is 3.40. The van der Waals surface area contributed by atoms with E-state index in [0.717, 1.165) is 0 Å². The molecule has 6 nitrogen and oxygen atoms in total. The zero-order chi connectivity index (χ0) is 12.7. The third-order valence-electron chi connectivity index (χ3n) is 2.15. The SMILES string of the molecule is COCCCNS(=O)(=O)c1cccnc1CN. The number of rotatable bonds is 7. The van der Waals surface area contributed by atoms with E-state index in [-0.39, 0.29) is 11.4 Å². The van der Waals surface area contributed by atoms with Gasteiger partial charge in [-0.2, -0.15) is 0 Å². The largest absolute Gasteiger partial charge is 0.385 e. The van der Waals surface area contributed by atoms with Gasteiger partial charge in [0.25, 0.3) is 0 Å². The Labute approximate surface area is 101 Å². The molecule has 1 aromatic heterocycles. The van der Waals surface area contributed by atoms with Crippen molar-refractivity contribution in [2.45, 2.75) is 17.9 Å². The van der Waals surface area contributed by atoms with Crippen LogP contribution in [-0.2, 0) is 21.3 Å². The molecule has 0 unspecified atom stereocenters. The van der Waals surface area contributed by atoms with Crippen molar-refractivity contribution in [2.75, 3.05) is 20.3 Å². The minimum atomic E-state index is -3.53. The third kappa shape index (κ3) is 4.04. The highest BCUT2D eigenvalue weighted by Gasteiger charge is 2.17. The first-order valence-corrected chi connectivity index (χ1v) is 6.72. The molecule has 1 aromatic rings. The van der Waals surface area contributed by atoms with Crippen molar-refractivity contribution < 1.29 is 13.2 Å². The predicted octanol–water partition coefficient (Wildman–Crippen LogP) is -0.145. The number of hydrogen-bond donors (Lipinski definition) is 2. The van der Waals surface area contributed by atoms with E-state index in [4.69, 9.17) is 10.5 Å². The Hall–Kier alpha value is -1.02. The molecule has 0 aliphatic carbocycles. The second-order valence-corrected chi connectivity index (χ2v) is 5.13. The lowest BCUT2D eigenvalue weighted by atomic mass is 10.3. The van der Waals surface area contributed by atoms with Gasteiger partial charge in [-0.15, -0.1) is 0 Å². The van der Waals surface area contributed by atoms with Crippen molar-refractivity contribution in [3.05, 3.63) is 24.0 Å². The van der Waals surface area contributed by atoms with Crippen LogP contribution in [-0.4, -0.2) is 33.7 Å². The Bertz CT molecular complexity index is 448. The van der Waals surface area contributed by atoms with Crippen LogP contribution in [0.3, 0.4) is 0 Å². The van der Waals surface area contributed by atoms with Crippen molar-refractivity contribution >= 4 is 10.0 Å². The molecule has 0 saturated carbocycles. The van der Waals surface area contributed by atoms with E-state index in [1.54, 1.807) is 13.2 Å². The summed E-state index contributed by atoms with van der Waals surface area (Å²) in [6, 6.07) is 3.07. The maximum atomic E-state index is 11.9. The molecule has 0 amide bonds. The molecule has 0 aliphatic heterocycles. The summed E-state index contributed by atoms with van der Waals surface area (Å²) in [6.07, 6.45) is 2.14. The van der Waals surface area contributed by atoms with Gasteiger partial charge < -0.3 is 10.5 Å². The summed E-state index contributed by atoms with van der Waals surface area (Å²) >= 11 is 0. The Morgan fingerprint density at radius 1 is 1.53 bits per heavy atom. The van der Waals surface area contributed by atoms with Crippen molar-refractivity contribution in [3.8, 4) is 0 Å². The maximum Gasteiger partial charge on any atom is 0.242 e. The zero-order valence-electron chi connectivity index (χ0n) is 9.72. The van der Waals surface area contributed by atoms with Gasteiger partial charge in [0.05, 0.1) is 5.69 Å². The fourth-order valence-corrected chi connectivity index (χ4v) is 2.59. The molecule has 3 N–H and O–H groups in total. The first-order valence-electron chi connectivity index (χ1n) is 5.24. The minimum absolute atomic E-state index is 0.0924. The summed E-state index contributed by atoms with van der Waals surface area (Å²) in [7, 11) is -1.96. The molecule has 0 radical (unpaired) electrons. The van der Waals surface area contributed by atoms with Crippen LogP contribution in [0.15, 0.2) is 23.2 Å². The van der Waals surface area contributed by atoms with Crippen molar-refractivity contribution in [1.29, 1.82) is 0 Å². The van der Waals surface area contributed by atoms with Gasteiger partial charge in [0.15, 0.2) is 0 Å². The van der Waals surface area contributed by atoms with Crippen LogP contribution in [0.2, 0.25) is 0 Å². The summed E-state index contributed by atoms with van der Waals surface area (Å²) < 4.78 is 31.2. The fourth-order valence-electron chi connectivity index (χ4n) is 1.32. The summed E-state index contributed by atoms with van der Waals surface area (Å²) in [6.45, 7) is 0.934. The number of nitrogens with two attached hydrogens (primary N) is 1. The normalized spacial score (nSPS) is 11.6. The zero-order valence-corrected chi connectivity index (χ0v) is 10.5. The van der Waals surface area contributed by atoms with E-state index in [1.165, 1.54) is 12.3 Å². The van der Waals surface area contributed by atoms with Gasteiger partial charge in [-0.25, -0.2) is 13.1 Å². The lowest BCUT2D eigenvalue weighted by Crippen LogP contribution is -2.27. The number of sulfonamides is 1. The number of nitrogens with one attached hydrogen (secondary N) is 1. The Morgan fingerprint density at radius 3 is 2.94 bits per heavy atom. The van der Waals surface area contributed by atoms with Crippen molar-refractivity contribution in [3.63, 3.8) is 0 Å². The fraction of sp³-hybridized carbons (Fsp3) is 0.500. The monoisotopic (exact) mass is 259 g/mol. The molecular weight excluding hydrogens is 242 g/mol. The molecule has 0 atom stereocenters. The molecule has 1 rings (SSSR count). The van der Waals surface area contributed by atoms with E-state index >= 15 is 0 Å². The highest BCUT2D eigenvalue weighted by atomic mass is 32.2. The van der Waals surface area contributed by atoms with Gasteiger partial charge in [-0.3, -0.25) is 4.98 Å². The Morgan fingerprint density at radius 2 is 2.29 bits per heavy atom. The molecule has 0 fully saturated rings. The number of nitrogens with zero attached hydrogens (tertiary/aromatic N) is 1. The van der Waals surface area contributed by atoms with E-state index in [9.17, 15) is 8.42 Å². The number of pyridine rings is 1. The Balaban J connectivity index is 2.75. The lowest BCUT2D eigenvalue weighted by Gasteiger charge is -2.09. The van der Waals surface area contributed by atoms with Crippen molar-refractivity contribution in [1.82, 2.24) is 9.71 Å². The van der Waals surface area contributed by atoms with E-state index in [1.807, 2.05) is 0 Å². The number of ether oxygens (including phenoxy) is 1. The molecule has 17 heavy (non-hydrogen) atoms. The smallest absolute Gasteiger partial charge is 0.242 e. The van der Waals surface area contributed by atoms with Gasteiger partial charge in [0.1, 0.15) is 4.90 Å². The summed E-state index contributed by atoms with van der Waals surface area (Å²) in [5, 5.41) is 0. The molecule has 0 aromatic carbocycles. The van der Waals surface area contributed by atoms with E-state index < -0.39 is 10.0 Å². The van der Waals surface area contributed by atoms with Crippen LogP contribution >= 0.6 is 0 Å². The molecule has 0 spiro atoms. The average Bonchev–Trinajstić information content (AvgIpc) is 2.34. The van der Waals surface area contributed by atoms with Crippen LogP contribution in [0.25, 0.3) is 0 Å². The standard InChI is InChI=1S/C10H17N3O3S/c1-16-7-3-6-13-17(14,15)10-4-2-5-12-9(10)8-11/h2,4-5,13H,3,6-8,11H2,1H3. The number of aromatic nitrogens is 1. The molecule has 7 heteroatoms. The first kappa shape index (κ1) is 14.0. The van der Waals surface area contributed by atoms with Gasteiger partial charge in [0.2, 0.25) is 10.0 Å². The second kappa shape index (κ2) is 6.65. The predicted molar refractivity (Wildman–Crippen MR) is 63.8 cm³/mol. The number of methoxy groups -OCH3 is 1. The van der Waals surface area contributed by atoms with Crippen molar-refractivity contribution in [2.24, 2.45) is 5.73 Å². The first-order chi connectivity index (χ1) is 8.11. The van der Waals surface area contributed by atoms with Crippen LogP contribution in [0.5, 0.6) is 0 Å². The quantitative estimate of drug-likeness (QED) is 0.664. The van der Waals surface area contributed by atoms with Gasteiger partial charge in [-0.05, 0) is 18.6 Å². The Kier molecular flexibility index (Phi) is 5.49. The lowest BCUT2D eigenvalue weighted by molar-refractivity contribution is 0.196. The third-order valence-corrected chi connectivity index (χ3v) is 3.68. The van der Waals surface area contributed by atoms with E-state index in [2.05, 4.69) is 9.71 Å². The highest BCUT2D eigenvalue weighted by molar-refractivity contribution is 7.89. The molecular formula is C10H17N3O3S. The van der Waals surface area contributed by atoms with Crippen LogP contribution in [0.1, 0.15) is 12.1 Å². The molecule has 0 aliphatic rings. The van der Waals surface area contributed by atoms with Crippen LogP contribution < -0.4 is 10.5 Å². The molecule has 96 valence electrons. The van der Waals surface area contributed by atoms with Gasteiger partial charge in [0, 0.05) is 33.0 Å². The average molecular weight is 259 g/mol. The van der Waals surface area contributed by atoms with Gasteiger partial charge in [-0.1, -0.05) is 0 Å². The summed E-state index contributed by atoms with van der Waals surface area (Å²) in [5.41, 5.74) is 5.82. The summed E-state index contributed by atoms with van der Waals surface area (Å²) in [4.78, 5) is 4.08.